The summed E-state index contributed by atoms with van der Waals surface area (Å²) in [7, 11) is -2.38. The average Bonchev–Trinajstić information content (AvgIpc) is 3.16. The molecule has 2 aromatic rings. The van der Waals surface area contributed by atoms with Crippen molar-refractivity contribution in [3.8, 4) is 0 Å². The molecular weight excluding hydrogens is 432 g/mol. The van der Waals surface area contributed by atoms with Gasteiger partial charge in [0, 0.05) is 37.6 Å². The lowest BCUT2D eigenvalue weighted by atomic mass is 10.0. The lowest BCUT2D eigenvalue weighted by Crippen LogP contribution is -2.36. The zero-order valence-corrected chi connectivity index (χ0v) is 20.1. The lowest BCUT2D eigenvalue weighted by Gasteiger charge is -2.27. The molecule has 0 radical (unpaired) electrons. The second kappa shape index (κ2) is 9.02. The van der Waals surface area contributed by atoms with Gasteiger partial charge in [0.2, 0.25) is 0 Å². The van der Waals surface area contributed by atoms with Crippen LogP contribution in [0.15, 0.2) is 22.4 Å². The maximum atomic E-state index is 13.4. The molecule has 0 atom stereocenters. The first-order chi connectivity index (χ1) is 14.8. The minimum Gasteiger partial charge on any atom is -0.465 e. The largest absolute Gasteiger partial charge is 0.465 e. The molecule has 1 fully saturated rings. The van der Waals surface area contributed by atoms with Crippen LogP contribution in [0, 0.1) is 13.8 Å². The molecule has 0 unspecified atom stereocenters. The van der Waals surface area contributed by atoms with Crippen molar-refractivity contribution in [1.29, 1.82) is 0 Å². The van der Waals surface area contributed by atoms with Crippen molar-refractivity contribution >= 4 is 27.3 Å². The summed E-state index contributed by atoms with van der Waals surface area (Å²) in [4.78, 5) is 15.9. The number of thiophene rings is 1. The number of hydrogen-bond donors (Lipinski definition) is 0. The first-order valence-electron chi connectivity index (χ1n) is 10.8. The predicted octanol–water partition coefficient (Wildman–Crippen LogP) is 3.88. The standard InChI is InChI=1S/C23H30N2O4S2/c1-16-7-8-18(13-17(16)2)14-24-12-9-19-20(15-24)30-23(21(19)22(26)29-3)31(27,28)25-10-5-4-6-11-25/h7-8,13H,4-6,9-12,14-15H2,1-3H3. The van der Waals surface area contributed by atoms with Gasteiger partial charge in [0.05, 0.1) is 12.7 Å². The molecule has 0 N–H and O–H groups in total. The maximum absolute atomic E-state index is 13.4. The summed E-state index contributed by atoms with van der Waals surface area (Å²) in [6.45, 7) is 7.49. The number of sulfonamides is 1. The number of carbonyl (C=O) groups excluding carboxylic acids is 1. The highest BCUT2D eigenvalue weighted by atomic mass is 32.2. The molecule has 8 heteroatoms. The van der Waals surface area contributed by atoms with E-state index in [1.807, 2.05) is 0 Å². The molecule has 6 nitrogen and oxygen atoms in total. The number of nitrogens with zero attached hydrogens (tertiary/aromatic N) is 2. The SMILES string of the molecule is COC(=O)c1c(S(=O)(=O)N2CCCCC2)sc2c1CCN(Cc1ccc(C)c(C)c1)C2. The third-order valence-corrected chi connectivity index (χ3v) is 9.97. The smallest absolute Gasteiger partial charge is 0.340 e. The molecule has 2 aliphatic rings. The molecule has 3 heterocycles. The second-order valence-corrected chi connectivity index (χ2v) is 11.7. The number of aryl methyl sites for hydroxylation is 2. The Morgan fingerprint density at radius 3 is 2.52 bits per heavy atom. The van der Waals surface area contributed by atoms with Crippen LogP contribution in [0.4, 0.5) is 0 Å². The van der Waals surface area contributed by atoms with Gasteiger partial charge in [-0.25, -0.2) is 13.2 Å². The van der Waals surface area contributed by atoms with Crippen molar-refractivity contribution in [2.45, 2.75) is 56.8 Å². The van der Waals surface area contributed by atoms with Gasteiger partial charge >= 0.3 is 5.97 Å². The van der Waals surface area contributed by atoms with Gasteiger partial charge in [-0.15, -0.1) is 11.3 Å². The summed E-state index contributed by atoms with van der Waals surface area (Å²) in [6.07, 6.45) is 3.42. The Labute approximate surface area is 188 Å². The highest BCUT2D eigenvalue weighted by molar-refractivity contribution is 7.91. The van der Waals surface area contributed by atoms with E-state index in [2.05, 4.69) is 36.9 Å². The van der Waals surface area contributed by atoms with Crippen LogP contribution in [0.5, 0.6) is 0 Å². The van der Waals surface area contributed by atoms with E-state index < -0.39 is 16.0 Å². The van der Waals surface area contributed by atoms with Crippen LogP contribution in [0.2, 0.25) is 0 Å². The van der Waals surface area contributed by atoms with Crippen molar-refractivity contribution in [2.75, 3.05) is 26.7 Å². The Hall–Kier alpha value is -1.74. The van der Waals surface area contributed by atoms with Crippen LogP contribution in [0.1, 0.15) is 56.8 Å². The monoisotopic (exact) mass is 462 g/mol. The highest BCUT2D eigenvalue weighted by Gasteiger charge is 2.37. The first kappa shape index (κ1) is 22.5. The van der Waals surface area contributed by atoms with Gasteiger partial charge in [0.25, 0.3) is 10.0 Å². The van der Waals surface area contributed by atoms with Gasteiger partial charge in [-0.3, -0.25) is 4.90 Å². The molecule has 168 valence electrons. The van der Waals surface area contributed by atoms with Crippen LogP contribution < -0.4 is 0 Å². The summed E-state index contributed by atoms with van der Waals surface area (Å²) in [5.74, 6) is -0.546. The van der Waals surface area contributed by atoms with E-state index in [1.165, 1.54) is 39.4 Å². The topological polar surface area (TPSA) is 66.9 Å². The summed E-state index contributed by atoms with van der Waals surface area (Å²) in [5, 5.41) is 0. The second-order valence-electron chi connectivity index (χ2n) is 8.50. The third kappa shape index (κ3) is 4.44. The summed E-state index contributed by atoms with van der Waals surface area (Å²) >= 11 is 1.25. The normalized spacial score (nSPS) is 18.0. The van der Waals surface area contributed by atoms with Gasteiger partial charge in [-0.2, -0.15) is 4.31 Å². The van der Waals surface area contributed by atoms with Crippen LogP contribution in [0.3, 0.4) is 0 Å². The average molecular weight is 463 g/mol. The fourth-order valence-electron chi connectivity index (χ4n) is 4.44. The Kier molecular flexibility index (Phi) is 6.53. The van der Waals surface area contributed by atoms with Gasteiger partial charge in [0.1, 0.15) is 4.21 Å². The van der Waals surface area contributed by atoms with E-state index in [9.17, 15) is 13.2 Å². The number of esters is 1. The number of fused-ring (bicyclic) bond motifs is 1. The predicted molar refractivity (Wildman–Crippen MR) is 122 cm³/mol. The first-order valence-corrected chi connectivity index (χ1v) is 13.1. The number of carbonyl (C=O) groups is 1. The molecule has 2 aliphatic heterocycles. The Morgan fingerprint density at radius 1 is 1.10 bits per heavy atom. The van der Waals surface area contributed by atoms with Crippen molar-refractivity contribution in [1.82, 2.24) is 9.21 Å². The van der Waals surface area contributed by atoms with Crippen molar-refractivity contribution in [3.63, 3.8) is 0 Å². The number of methoxy groups -OCH3 is 1. The van der Waals surface area contributed by atoms with Gasteiger partial charge < -0.3 is 4.74 Å². The highest BCUT2D eigenvalue weighted by Crippen LogP contribution is 2.39. The van der Waals surface area contributed by atoms with Crippen molar-refractivity contribution in [2.24, 2.45) is 0 Å². The molecule has 1 aromatic heterocycles. The van der Waals surface area contributed by atoms with E-state index in [1.54, 1.807) is 0 Å². The quantitative estimate of drug-likeness (QED) is 0.631. The molecule has 1 aromatic carbocycles. The van der Waals surface area contributed by atoms with Crippen molar-refractivity contribution < 1.29 is 17.9 Å². The van der Waals surface area contributed by atoms with Crippen molar-refractivity contribution in [3.05, 3.63) is 50.9 Å². The molecule has 4 rings (SSSR count). The number of rotatable bonds is 5. The van der Waals surface area contributed by atoms with E-state index in [0.717, 1.165) is 42.8 Å². The van der Waals surface area contributed by atoms with Crippen LogP contribution in [-0.2, 0) is 34.3 Å². The Morgan fingerprint density at radius 2 is 1.84 bits per heavy atom. The molecule has 0 saturated carbocycles. The number of hydrogen-bond acceptors (Lipinski definition) is 6. The van der Waals surface area contributed by atoms with Crippen LogP contribution in [-0.4, -0.2) is 50.3 Å². The molecule has 0 spiro atoms. The van der Waals surface area contributed by atoms with E-state index in [-0.39, 0.29) is 9.77 Å². The maximum Gasteiger partial charge on any atom is 0.340 e. The molecule has 0 amide bonds. The zero-order chi connectivity index (χ0) is 22.2. The number of ether oxygens (including phenoxy) is 1. The summed E-state index contributed by atoms with van der Waals surface area (Å²) in [5.41, 5.74) is 4.91. The Balaban J connectivity index is 1.64. The number of piperidine rings is 1. The lowest BCUT2D eigenvalue weighted by molar-refractivity contribution is 0.0595. The Bertz CT molecular complexity index is 1090. The molecule has 0 aliphatic carbocycles. The number of benzene rings is 1. The minimum atomic E-state index is -3.70. The fraction of sp³-hybridized carbons (Fsp3) is 0.522. The van der Waals surface area contributed by atoms with Crippen LogP contribution in [0.25, 0.3) is 0 Å². The molecule has 1 saturated heterocycles. The minimum absolute atomic E-state index is 0.166. The zero-order valence-electron chi connectivity index (χ0n) is 18.4. The van der Waals surface area contributed by atoms with Gasteiger partial charge in [-0.1, -0.05) is 24.6 Å². The van der Waals surface area contributed by atoms with E-state index in [4.69, 9.17) is 4.74 Å². The molecule has 0 bridgehead atoms. The third-order valence-electron chi connectivity index (χ3n) is 6.36. The van der Waals surface area contributed by atoms with Crippen LogP contribution >= 0.6 is 11.3 Å². The summed E-state index contributed by atoms with van der Waals surface area (Å²) < 4.78 is 33.5. The van der Waals surface area contributed by atoms with E-state index in [0.29, 0.717) is 26.1 Å². The molecule has 31 heavy (non-hydrogen) atoms. The van der Waals surface area contributed by atoms with Gasteiger partial charge in [-0.05, 0) is 55.4 Å². The summed E-state index contributed by atoms with van der Waals surface area (Å²) in [6, 6.07) is 6.51. The fourth-order valence-corrected chi connectivity index (χ4v) is 8.02. The van der Waals surface area contributed by atoms with Gasteiger partial charge in [0.15, 0.2) is 0 Å². The molecular formula is C23H30N2O4S2. The van der Waals surface area contributed by atoms with E-state index >= 15 is 0 Å².